The van der Waals surface area contributed by atoms with Gasteiger partial charge in [0.25, 0.3) is 0 Å². The van der Waals surface area contributed by atoms with Crippen LogP contribution in [0.25, 0.3) is 12.2 Å². The number of anilines is 1. The number of rotatable bonds is 6. The molecular weight excluding hydrogens is 360 g/mol. The number of carbonyl (C=O) groups is 1. The molecule has 7 heteroatoms. The van der Waals surface area contributed by atoms with E-state index in [1.807, 2.05) is 54.3 Å². The maximum Gasteiger partial charge on any atom is 0.227 e. The van der Waals surface area contributed by atoms with Gasteiger partial charge in [0, 0.05) is 24.4 Å². The maximum atomic E-state index is 12.5. The van der Waals surface area contributed by atoms with Gasteiger partial charge < -0.3 is 9.32 Å². The fourth-order valence-electron chi connectivity index (χ4n) is 3.06. The van der Waals surface area contributed by atoms with Crippen LogP contribution in [0.4, 0.5) is 5.69 Å². The van der Waals surface area contributed by atoms with Gasteiger partial charge in [-0.1, -0.05) is 30.0 Å². The average molecular weight is 380 g/mol. The smallest absolute Gasteiger partial charge is 0.227 e. The Labute approximate surface area is 161 Å². The van der Waals surface area contributed by atoms with E-state index in [9.17, 15) is 4.79 Å². The number of thioether (sulfide) groups is 1. The van der Waals surface area contributed by atoms with E-state index in [4.69, 9.17) is 4.42 Å². The van der Waals surface area contributed by atoms with Gasteiger partial charge in [0.05, 0.1) is 0 Å². The predicted octanol–water partition coefficient (Wildman–Crippen LogP) is 3.95. The maximum absolute atomic E-state index is 12.5. The van der Waals surface area contributed by atoms with Gasteiger partial charge >= 0.3 is 0 Å². The van der Waals surface area contributed by atoms with E-state index in [1.165, 1.54) is 17.3 Å². The Hall–Kier alpha value is -2.80. The average Bonchev–Trinajstić information content (AvgIpc) is 3.39. The second-order valence-electron chi connectivity index (χ2n) is 6.31. The molecule has 0 spiro atoms. The molecule has 0 saturated carbocycles. The number of nitrogens with zero attached hydrogens (tertiary/aromatic N) is 3. The molecule has 6 nitrogen and oxygen atoms in total. The number of carbonyl (C=O) groups excluding carboxylic acids is 1. The molecule has 138 valence electrons. The molecule has 1 aliphatic rings. The summed E-state index contributed by atoms with van der Waals surface area (Å²) in [6.07, 6.45) is 5.06. The molecule has 0 aliphatic carbocycles. The van der Waals surface area contributed by atoms with Gasteiger partial charge in [-0.15, -0.1) is 5.10 Å². The molecule has 1 N–H and O–H groups in total. The number of amides is 1. The highest BCUT2D eigenvalue weighted by molar-refractivity contribution is 7.99. The summed E-state index contributed by atoms with van der Waals surface area (Å²) in [6, 6.07) is 11.9. The van der Waals surface area contributed by atoms with E-state index >= 15 is 0 Å². The molecule has 1 amide bonds. The Bertz CT molecular complexity index is 976. The van der Waals surface area contributed by atoms with Crippen molar-refractivity contribution in [3.05, 3.63) is 59.3 Å². The van der Waals surface area contributed by atoms with Crippen molar-refractivity contribution >= 4 is 35.5 Å². The number of hydrogen-bond acceptors (Lipinski definition) is 5. The summed E-state index contributed by atoms with van der Waals surface area (Å²) in [5, 5.41) is 7.71. The molecule has 1 aliphatic heterocycles. The Morgan fingerprint density at radius 2 is 2.19 bits per heavy atom. The molecule has 0 unspecified atom stereocenters. The number of hydrogen-bond donors (Lipinski definition) is 1. The van der Waals surface area contributed by atoms with Crippen molar-refractivity contribution in [3.63, 3.8) is 0 Å². The molecule has 4 rings (SSSR count). The zero-order chi connectivity index (χ0) is 18.6. The van der Waals surface area contributed by atoms with Crippen LogP contribution in [0, 0.1) is 6.92 Å². The molecule has 0 bridgehead atoms. The first-order valence-corrected chi connectivity index (χ1v) is 9.85. The lowest BCUT2D eigenvalue weighted by Crippen LogP contribution is -2.29. The first-order valence-electron chi connectivity index (χ1n) is 8.87. The number of H-pyrrole nitrogens is 1. The summed E-state index contributed by atoms with van der Waals surface area (Å²) in [7, 11) is 0. The Morgan fingerprint density at radius 1 is 1.30 bits per heavy atom. The fourth-order valence-corrected chi connectivity index (χ4v) is 3.80. The zero-order valence-electron chi connectivity index (χ0n) is 15.0. The Kier molecular flexibility index (Phi) is 5.11. The number of aryl methyl sites for hydroxylation is 1. The van der Waals surface area contributed by atoms with Gasteiger partial charge in [-0.3, -0.25) is 9.89 Å². The fraction of sp³-hybridized carbons (Fsp3) is 0.250. The third kappa shape index (κ3) is 4.14. The molecule has 1 aromatic carbocycles. The van der Waals surface area contributed by atoms with Crippen LogP contribution in [0.3, 0.4) is 0 Å². The van der Waals surface area contributed by atoms with Gasteiger partial charge in [0.2, 0.25) is 11.1 Å². The van der Waals surface area contributed by atoms with Crippen LogP contribution < -0.4 is 4.90 Å². The second kappa shape index (κ2) is 7.84. The first kappa shape index (κ1) is 17.6. The zero-order valence-corrected chi connectivity index (χ0v) is 15.8. The number of fused-ring (bicyclic) bond motifs is 1. The van der Waals surface area contributed by atoms with Crippen LogP contribution in [0.5, 0.6) is 0 Å². The van der Waals surface area contributed by atoms with Crippen molar-refractivity contribution in [2.24, 2.45) is 0 Å². The van der Waals surface area contributed by atoms with E-state index in [-0.39, 0.29) is 5.91 Å². The Balaban J connectivity index is 1.28. The van der Waals surface area contributed by atoms with Crippen LogP contribution in [-0.2, 0) is 11.2 Å². The minimum atomic E-state index is 0.149. The number of furan rings is 1. The van der Waals surface area contributed by atoms with Crippen molar-refractivity contribution in [3.8, 4) is 0 Å². The number of benzene rings is 1. The molecule has 3 heterocycles. The lowest BCUT2D eigenvalue weighted by atomic mass is 10.2. The monoisotopic (exact) mass is 380 g/mol. The van der Waals surface area contributed by atoms with E-state index < -0.39 is 0 Å². The summed E-state index contributed by atoms with van der Waals surface area (Å²) in [5.41, 5.74) is 2.29. The minimum absolute atomic E-state index is 0.149. The molecular formula is C20H20N4O2S. The predicted molar refractivity (Wildman–Crippen MR) is 107 cm³/mol. The Morgan fingerprint density at radius 3 is 3.04 bits per heavy atom. The van der Waals surface area contributed by atoms with Gasteiger partial charge in [-0.05, 0) is 49.3 Å². The molecule has 2 aromatic heterocycles. The van der Waals surface area contributed by atoms with E-state index in [1.54, 1.807) is 0 Å². The number of para-hydroxylation sites is 1. The molecule has 0 saturated heterocycles. The molecule has 0 radical (unpaired) electrons. The number of nitrogens with one attached hydrogen (secondary N) is 1. The number of aromatic amines is 1. The SMILES string of the molecule is Cc1ccc(/C=C/c2nc(SCCC(=O)N3CCc4ccccc43)n[nH]2)o1. The lowest BCUT2D eigenvalue weighted by Gasteiger charge is -2.16. The van der Waals surface area contributed by atoms with Crippen LogP contribution in [0.2, 0.25) is 0 Å². The van der Waals surface area contributed by atoms with Crippen LogP contribution in [0.15, 0.2) is 46.0 Å². The quantitative estimate of drug-likeness (QED) is 0.656. The third-order valence-corrected chi connectivity index (χ3v) is 5.23. The minimum Gasteiger partial charge on any atom is -0.462 e. The van der Waals surface area contributed by atoms with E-state index in [0.717, 1.165) is 30.2 Å². The standard InChI is InChI=1S/C20H20N4O2S/c1-14-6-7-16(26-14)8-9-18-21-20(23-22-18)27-13-11-19(25)24-12-10-15-4-2-3-5-17(15)24/h2-9H,10-13H2,1H3,(H,21,22,23)/b9-8+. The highest BCUT2D eigenvalue weighted by Crippen LogP contribution is 2.28. The summed E-state index contributed by atoms with van der Waals surface area (Å²) < 4.78 is 5.48. The summed E-state index contributed by atoms with van der Waals surface area (Å²) in [6.45, 7) is 2.67. The van der Waals surface area contributed by atoms with Crippen molar-refractivity contribution < 1.29 is 9.21 Å². The van der Waals surface area contributed by atoms with Crippen LogP contribution in [0.1, 0.15) is 29.3 Å². The number of aromatic nitrogens is 3. The van der Waals surface area contributed by atoms with Gasteiger partial charge in [-0.2, -0.15) is 0 Å². The van der Waals surface area contributed by atoms with Crippen LogP contribution >= 0.6 is 11.8 Å². The molecule has 3 aromatic rings. The third-order valence-electron chi connectivity index (χ3n) is 4.38. The largest absolute Gasteiger partial charge is 0.462 e. The van der Waals surface area contributed by atoms with E-state index in [2.05, 4.69) is 21.2 Å². The molecule has 0 fully saturated rings. The van der Waals surface area contributed by atoms with Gasteiger partial charge in [0.1, 0.15) is 17.3 Å². The van der Waals surface area contributed by atoms with Crippen LogP contribution in [-0.4, -0.2) is 33.4 Å². The topological polar surface area (TPSA) is 75.0 Å². The van der Waals surface area contributed by atoms with Gasteiger partial charge in [0.15, 0.2) is 0 Å². The van der Waals surface area contributed by atoms with Gasteiger partial charge in [-0.25, -0.2) is 4.98 Å². The lowest BCUT2D eigenvalue weighted by molar-refractivity contribution is -0.118. The van der Waals surface area contributed by atoms with Crippen molar-refractivity contribution in [2.45, 2.75) is 24.9 Å². The molecule has 0 atom stereocenters. The van der Waals surface area contributed by atoms with Crippen molar-refractivity contribution in [1.82, 2.24) is 15.2 Å². The highest BCUT2D eigenvalue weighted by atomic mass is 32.2. The second-order valence-corrected chi connectivity index (χ2v) is 7.37. The van der Waals surface area contributed by atoms with E-state index in [0.29, 0.717) is 23.2 Å². The van der Waals surface area contributed by atoms with Crippen molar-refractivity contribution in [1.29, 1.82) is 0 Å². The first-order chi connectivity index (χ1) is 13.2. The summed E-state index contributed by atoms with van der Waals surface area (Å²) in [4.78, 5) is 18.8. The summed E-state index contributed by atoms with van der Waals surface area (Å²) >= 11 is 1.48. The molecule has 27 heavy (non-hydrogen) atoms. The summed E-state index contributed by atoms with van der Waals surface area (Å²) in [5.74, 6) is 3.10. The van der Waals surface area contributed by atoms with Crippen molar-refractivity contribution in [2.75, 3.05) is 17.2 Å². The highest BCUT2D eigenvalue weighted by Gasteiger charge is 2.23. The normalized spacial score (nSPS) is 13.4.